The van der Waals surface area contributed by atoms with Crippen LogP contribution >= 0.6 is 0 Å². The number of allylic oxidation sites excluding steroid dienone is 2. The van der Waals surface area contributed by atoms with E-state index in [1.807, 2.05) is 19.9 Å². The van der Waals surface area contributed by atoms with Crippen LogP contribution in [0.3, 0.4) is 0 Å². The van der Waals surface area contributed by atoms with Gasteiger partial charge < -0.3 is 10.0 Å². The second-order valence-electron chi connectivity index (χ2n) is 5.57. The van der Waals surface area contributed by atoms with E-state index in [4.69, 9.17) is 0 Å². The van der Waals surface area contributed by atoms with Gasteiger partial charge in [-0.25, -0.2) is 0 Å². The summed E-state index contributed by atoms with van der Waals surface area (Å²) in [7, 11) is 4.15. The van der Waals surface area contributed by atoms with Gasteiger partial charge >= 0.3 is 0 Å². The molecule has 0 aromatic carbocycles. The summed E-state index contributed by atoms with van der Waals surface area (Å²) in [5.41, 5.74) is 1.11. The van der Waals surface area contributed by atoms with Crippen LogP contribution in [-0.4, -0.2) is 36.2 Å². The molecule has 0 unspecified atom stereocenters. The molecule has 0 aliphatic heterocycles. The molecule has 0 bridgehead atoms. The predicted octanol–water partition coefficient (Wildman–Crippen LogP) is 2.60. The minimum atomic E-state index is -0.366. The van der Waals surface area contributed by atoms with Crippen LogP contribution in [0.25, 0.3) is 0 Å². The molecule has 1 rings (SSSR count). The van der Waals surface area contributed by atoms with Crippen molar-refractivity contribution < 1.29 is 5.11 Å². The third kappa shape index (κ3) is 2.74. The molecular weight excluding hydrogens is 198 g/mol. The molecule has 1 N–H and O–H groups in total. The SMILES string of the molecule is CC(C)=C[C@H](O)[C@@]1(C)CCC=C[C@H]1N(C)C. The maximum atomic E-state index is 10.4. The zero-order chi connectivity index (χ0) is 12.3. The van der Waals surface area contributed by atoms with Gasteiger partial charge in [0, 0.05) is 11.5 Å². The molecule has 1 aliphatic carbocycles. The molecule has 0 heterocycles. The minimum Gasteiger partial charge on any atom is -0.388 e. The molecule has 1 aliphatic rings. The van der Waals surface area contributed by atoms with E-state index in [9.17, 15) is 5.11 Å². The monoisotopic (exact) mass is 223 g/mol. The molecule has 2 heteroatoms. The molecule has 92 valence electrons. The molecule has 0 radical (unpaired) electrons. The molecule has 0 aromatic heterocycles. The van der Waals surface area contributed by atoms with Gasteiger partial charge in [0.1, 0.15) is 0 Å². The lowest BCUT2D eigenvalue weighted by Crippen LogP contribution is -2.49. The summed E-state index contributed by atoms with van der Waals surface area (Å²) in [4.78, 5) is 2.19. The van der Waals surface area contributed by atoms with E-state index in [-0.39, 0.29) is 11.5 Å². The lowest BCUT2D eigenvalue weighted by Gasteiger charge is -2.44. The summed E-state index contributed by atoms with van der Waals surface area (Å²) in [6.45, 7) is 6.26. The third-order valence-corrected chi connectivity index (χ3v) is 3.57. The highest BCUT2D eigenvalue weighted by Crippen LogP contribution is 2.38. The minimum absolute atomic E-state index is 0.0739. The summed E-state index contributed by atoms with van der Waals surface area (Å²) in [5.74, 6) is 0. The first-order valence-corrected chi connectivity index (χ1v) is 6.04. The molecule has 16 heavy (non-hydrogen) atoms. The largest absolute Gasteiger partial charge is 0.388 e. The standard InChI is InChI=1S/C14H25NO/c1-11(2)10-13(16)14(3)9-7-6-8-12(14)15(4)5/h6,8,10,12-13,16H,7,9H2,1-5H3/t12-,13+,14+/m1/s1. The van der Waals surface area contributed by atoms with E-state index < -0.39 is 0 Å². The van der Waals surface area contributed by atoms with E-state index >= 15 is 0 Å². The quantitative estimate of drug-likeness (QED) is 0.743. The molecule has 0 saturated heterocycles. The maximum absolute atomic E-state index is 10.4. The van der Waals surface area contributed by atoms with Gasteiger partial charge in [-0.05, 0) is 40.8 Å². The van der Waals surface area contributed by atoms with Gasteiger partial charge in [0.25, 0.3) is 0 Å². The fraction of sp³-hybridized carbons (Fsp3) is 0.714. The Morgan fingerprint density at radius 2 is 2.12 bits per heavy atom. The highest BCUT2D eigenvalue weighted by molar-refractivity contribution is 5.14. The summed E-state index contributed by atoms with van der Waals surface area (Å²) in [6, 6.07) is 0.312. The van der Waals surface area contributed by atoms with Crippen molar-refractivity contribution in [1.29, 1.82) is 0 Å². The van der Waals surface area contributed by atoms with Crippen molar-refractivity contribution in [3.8, 4) is 0 Å². The molecule has 0 spiro atoms. The smallest absolute Gasteiger partial charge is 0.0795 e. The zero-order valence-electron chi connectivity index (χ0n) is 11.2. The Kier molecular flexibility index (Phi) is 4.34. The Morgan fingerprint density at radius 1 is 1.50 bits per heavy atom. The van der Waals surface area contributed by atoms with Crippen molar-refractivity contribution >= 4 is 0 Å². The third-order valence-electron chi connectivity index (χ3n) is 3.57. The maximum Gasteiger partial charge on any atom is 0.0795 e. The van der Waals surface area contributed by atoms with E-state index in [0.717, 1.165) is 12.8 Å². The van der Waals surface area contributed by atoms with Crippen LogP contribution in [0.5, 0.6) is 0 Å². The first-order chi connectivity index (χ1) is 7.38. The molecule has 0 aromatic rings. The topological polar surface area (TPSA) is 23.5 Å². The van der Waals surface area contributed by atoms with Crippen molar-refractivity contribution in [3.63, 3.8) is 0 Å². The highest BCUT2D eigenvalue weighted by Gasteiger charge is 2.40. The highest BCUT2D eigenvalue weighted by atomic mass is 16.3. The second-order valence-corrected chi connectivity index (χ2v) is 5.57. The van der Waals surface area contributed by atoms with Crippen LogP contribution in [0, 0.1) is 5.41 Å². The number of hydrogen-bond acceptors (Lipinski definition) is 2. The Hall–Kier alpha value is -0.600. The number of hydrogen-bond donors (Lipinski definition) is 1. The molecule has 2 nitrogen and oxygen atoms in total. The Balaban J connectivity index is 2.96. The van der Waals surface area contributed by atoms with E-state index in [1.165, 1.54) is 5.57 Å². The van der Waals surface area contributed by atoms with Crippen LogP contribution in [-0.2, 0) is 0 Å². The number of likely N-dealkylation sites (N-methyl/N-ethyl adjacent to an activating group) is 1. The van der Waals surface area contributed by atoms with Gasteiger partial charge in [-0.1, -0.05) is 30.7 Å². The molecule has 3 atom stereocenters. The van der Waals surface area contributed by atoms with Gasteiger partial charge in [0.2, 0.25) is 0 Å². The Labute approximate surface area is 99.7 Å². The first kappa shape index (κ1) is 13.5. The summed E-state index contributed by atoms with van der Waals surface area (Å²) in [6.07, 6.45) is 8.17. The van der Waals surface area contributed by atoms with Gasteiger partial charge in [0.05, 0.1) is 6.10 Å². The van der Waals surface area contributed by atoms with Crippen LogP contribution < -0.4 is 0 Å². The fourth-order valence-electron chi connectivity index (χ4n) is 2.58. The average molecular weight is 223 g/mol. The molecule has 0 amide bonds. The van der Waals surface area contributed by atoms with E-state index in [2.05, 4.69) is 38.1 Å². The molecule has 0 saturated carbocycles. The van der Waals surface area contributed by atoms with Crippen LogP contribution in [0.2, 0.25) is 0 Å². The number of rotatable bonds is 3. The van der Waals surface area contributed by atoms with Crippen molar-refractivity contribution in [2.75, 3.05) is 14.1 Å². The van der Waals surface area contributed by atoms with E-state index in [1.54, 1.807) is 0 Å². The van der Waals surface area contributed by atoms with Crippen LogP contribution in [0.15, 0.2) is 23.8 Å². The van der Waals surface area contributed by atoms with E-state index in [0.29, 0.717) is 6.04 Å². The Morgan fingerprint density at radius 3 is 2.62 bits per heavy atom. The fourth-order valence-corrected chi connectivity index (χ4v) is 2.58. The lowest BCUT2D eigenvalue weighted by atomic mass is 9.70. The van der Waals surface area contributed by atoms with Crippen molar-refractivity contribution in [1.82, 2.24) is 4.90 Å². The number of aliphatic hydroxyl groups excluding tert-OH is 1. The van der Waals surface area contributed by atoms with Crippen LogP contribution in [0.1, 0.15) is 33.6 Å². The summed E-state index contributed by atoms with van der Waals surface area (Å²) < 4.78 is 0. The number of aliphatic hydroxyl groups is 1. The normalized spacial score (nSPS) is 31.6. The van der Waals surface area contributed by atoms with Gasteiger partial charge in [-0.2, -0.15) is 0 Å². The number of nitrogens with zero attached hydrogens (tertiary/aromatic N) is 1. The van der Waals surface area contributed by atoms with Crippen molar-refractivity contribution in [3.05, 3.63) is 23.8 Å². The lowest BCUT2D eigenvalue weighted by molar-refractivity contribution is 0.0139. The first-order valence-electron chi connectivity index (χ1n) is 6.04. The Bertz CT molecular complexity index is 289. The van der Waals surface area contributed by atoms with Gasteiger partial charge in [-0.3, -0.25) is 0 Å². The predicted molar refractivity (Wildman–Crippen MR) is 69.4 cm³/mol. The summed E-state index contributed by atoms with van der Waals surface area (Å²) >= 11 is 0. The molecule has 0 fully saturated rings. The van der Waals surface area contributed by atoms with Gasteiger partial charge in [-0.15, -0.1) is 0 Å². The van der Waals surface area contributed by atoms with Crippen molar-refractivity contribution in [2.45, 2.75) is 45.8 Å². The summed E-state index contributed by atoms with van der Waals surface area (Å²) in [5, 5.41) is 10.4. The van der Waals surface area contributed by atoms with Crippen molar-refractivity contribution in [2.24, 2.45) is 5.41 Å². The van der Waals surface area contributed by atoms with Crippen LogP contribution in [0.4, 0.5) is 0 Å². The zero-order valence-corrected chi connectivity index (χ0v) is 11.2. The van der Waals surface area contributed by atoms with Gasteiger partial charge in [0.15, 0.2) is 0 Å². The second kappa shape index (κ2) is 5.15. The average Bonchev–Trinajstić information content (AvgIpc) is 2.16. The molecular formula is C14H25NO.